The average molecular weight is 562 g/mol. The van der Waals surface area contributed by atoms with Crippen LogP contribution in [-0.2, 0) is 19.6 Å². The number of hydrogen-bond acceptors (Lipinski definition) is 6. The van der Waals surface area contributed by atoms with Crippen LogP contribution in [0.15, 0.2) is 12.1 Å². The Balaban J connectivity index is 3.59. The molecule has 0 saturated carbocycles. The monoisotopic (exact) mass is 562 g/mol. The second kappa shape index (κ2) is 8.25. The van der Waals surface area contributed by atoms with Crippen LogP contribution in [0.1, 0.15) is 22.8 Å². The van der Waals surface area contributed by atoms with E-state index >= 15 is 0 Å². The number of anilines is 1. The zero-order valence-electron chi connectivity index (χ0n) is 14.4. The molecule has 0 aliphatic rings. The minimum absolute atomic E-state index is 0.114. The van der Waals surface area contributed by atoms with Gasteiger partial charge in [0.05, 0.1) is 27.1 Å². The molecule has 0 bridgehead atoms. The third kappa shape index (κ3) is 5.94. The van der Waals surface area contributed by atoms with E-state index in [1.807, 2.05) is 0 Å². The van der Waals surface area contributed by atoms with Gasteiger partial charge in [-0.05, 0) is 47.2 Å². The van der Waals surface area contributed by atoms with E-state index in [-0.39, 0.29) is 11.3 Å². The third-order valence-electron chi connectivity index (χ3n) is 3.41. The third-order valence-corrected chi connectivity index (χ3v) is 5.06. The lowest BCUT2D eigenvalue weighted by Crippen LogP contribution is -2.63. The number of hydrogen-bond donors (Lipinski definition) is 1. The summed E-state index contributed by atoms with van der Waals surface area (Å²) in [5.74, 6) is -5.94. The molecule has 0 heterocycles. The normalized spacial score (nSPS) is 13.2. The van der Waals surface area contributed by atoms with Crippen LogP contribution in [0.2, 0.25) is 0 Å². The molecule has 1 aromatic rings. The summed E-state index contributed by atoms with van der Waals surface area (Å²) < 4.78 is 116. The van der Waals surface area contributed by atoms with Crippen LogP contribution in [0.3, 0.4) is 0 Å². The van der Waals surface area contributed by atoms with Gasteiger partial charge in [0.25, 0.3) is 0 Å². The molecule has 164 valence electrons. The molecule has 7 nitrogen and oxygen atoms in total. The average Bonchev–Trinajstić information content (AvgIpc) is 2.45. The van der Waals surface area contributed by atoms with E-state index in [0.717, 1.165) is 26.0 Å². The fourth-order valence-corrected chi connectivity index (χ4v) is 3.75. The molecule has 1 N–H and O–H groups in total. The molecule has 1 rings (SSSR count). The predicted molar refractivity (Wildman–Crippen MR) is 93.0 cm³/mol. The highest BCUT2D eigenvalue weighted by atomic mass is 127. The number of aryl methyl sites for hydroxylation is 1. The molecule has 0 radical (unpaired) electrons. The number of amides is 1. The minimum Gasteiger partial charge on any atom is -0.748 e. The summed E-state index contributed by atoms with van der Waals surface area (Å²) in [5, 5.41) is 2.21. The lowest BCUT2D eigenvalue weighted by Gasteiger charge is -2.37. The van der Waals surface area contributed by atoms with Gasteiger partial charge in [0, 0.05) is 10.5 Å². The van der Waals surface area contributed by atoms with Crippen molar-refractivity contribution >= 4 is 50.3 Å². The van der Waals surface area contributed by atoms with Crippen molar-refractivity contribution in [3.63, 3.8) is 0 Å². The number of alkyl halides is 6. The van der Waals surface area contributed by atoms with Gasteiger partial charge < -0.3 is 14.6 Å². The molecule has 0 aliphatic heterocycles. The summed E-state index contributed by atoms with van der Waals surface area (Å²) >= 11 is 1.68. The van der Waals surface area contributed by atoms with Gasteiger partial charge in [-0.1, -0.05) is 0 Å². The first kappa shape index (κ1) is 25.4. The molecular formula is C14H11F6INO6S-. The van der Waals surface area contributed by atoms with Crippen molar-refractivity contribution in [2.75, 3.05) is 11.1 Å². The van der Waals surface area contributed by atoms with Crippen LogP contribution in [0.5, 0.6) is 0 Å². The van der Waals surface area contributed by atoms with Crippen molar-refractivity contribution in [3.8, 4) is 0 Å². The highest BCUT2D eigenvalue weighted by Crippen LogP contribution is 2.47. The topological polar surface area (TPSA) is 113 Å². The first-order valence-corrected chi connectivity index (χ1v) is 9.84. The van der Waals surface area contributed by atoms with Crippen molar-refractivity contribution in [3.05, 3.63) is 26.8 Å². The number of benzene rings is 1. The first-order valence-electron chi connectivity index (χ1n) is 7.19. The van der Waals surface area contributed by atoms with Crippen molar-refractivity contribution < 1.29 is 53.6 Å². The maximum absolute atomic E-state index is 13.2. The smallest absolute Gasteiger partial charge is 0.438 e. The highest BCUT2D eigenvalue weighted by Gasteiger charge is 2.75. The van der Waals surface area contributed by atoms with Crippen LogP contribution < -0.4 is 5.32 Å². The number of nitrogens with one attached hydrogen (secondary N) is 1. The van der Waals surface area contributed by atoms with E-state index in [4.69, 9.17) is 0 Å². The molecule has 0 unspecified atom stereocenters. The van der Waals surface area contributed by atoms with Gasteiger partial charge in [-0.15, -0.1) is 0 Å². The fraction of sp³-hybridized carbons (Fsp3) is 0.429. The van der Waals surface area contributed by atoms with E-state index in [9.17, 15) is 48.9 Å². The molecular weight excluding hydrogens is 551 g/mol. The number of ether oxygens (including phenoxy) is 1. The molecule has 0 aliphatic carbocycles. The molecule has 0 atom stereocenters. The Labute approximate surface area is 173 Å². The number of esters is 1. The van der Waals surface area contributed by atoms with Crippen LogP contribution in [-0.4, -0.2) is 48.6 Å². The van der Waals surface area contributed by atoms with E-state index in [1.165, 1.54) is 0 Å². The van der Waals surface area contributed by atoms with Gasteiger partial charge in [-0.3, -0.25) is 4.79 Å². The maximum atomic E-state index is 13.2. The molecule has 0 aromatic heterocycles. The van der Waals surface area contributed by atoms with Gasteiger partial charge in [0.2, 0.25) is 5.91 Å². The maximum Gasteiger partial charge on any atom is 0.438 e. The van der Waals surface area contributed by atoms with Crippen LogP contribution in [0.25, 0.3) is 0 Å². The lowest BCUT2D eigenvalue weighted by atomic mass is 10.0. The number of rotatable bonds is 5. The van der Waals surface area contributed by atoms with Gasteiger partial charge in [0.15, 0.2) is 0 Å². The molecule has 1 aromatic carbocycles. The van der Waals surface area contributed by atoms with Crippen LogP contribution >= 0.6 is 22.6 Å². The zero-order valence-corrected chi connectivity index (χ0v) is 17.3. The van der Waals surface area contributed by atoms with Crippen molar-refractivity contribution in [2.45, 2.75) is 31.8 Å². The summed E-state index contributed by atoms with van der Waals surface area (Å²) in [4.78, 5) is 23.3. The number of carbonyl (C=O) groups is 2. The highest BCUT2D eigenvalue weighted by molar-refractivity contribution is 14.1. The Hall–Kier alpha value is -1.62. The number of halogens is 7. The van der Waals surface area contributed by atoms with E-state index in [0.29, 0.717) is 3.57 Å². The van der Waals surface area contributed by atoms with Gasteiger partial charge in [-0.2, -0.15) is 26.3 Å². The van der Waals surface area contributed by atoms with Crippen molar-refractivity contribution in [1.82, 2.24) is 0 Å². The molecule has 1 amide bonds. The first-order chi connectivity index (χ1) is 12.8. The SMILES string of the molecule is CC(=O)Nc1cc(C(=O)OC(CS(=O)(=O)[O-])(C(F)(F)F)C(F)(F)F)c(C)cc1I. The fourth-order valence-electron chi connectivity index (χ4n) is 2.11. The quantitative estimate of drug-likeness (QED) is 0.256. The predicted octanol–water partition coefficient (Wildman–Crippen LogP) is 3.12. The Morgan fingerprint density at radius 1 is 1.14 bits per heavy atom. The molecule has 0 fully saturated rings. The lowest BCUT2D eigenvalue weighted by molar-refractivity contribution is -0.356. The van der Waals surface area contributed by atoms with Crippen LogP contribution in [0, 0.1) is 10.5 Å². The second-order valence-electron chi connectivity index (χ2n) is 5.74. The summed E-state index contributed by atoms with van der Waals surface area (Å²) in [6.45, 7) is 2.22. The molecule has 0 saturated heterocycles. The summed E-state index contributed by atoms with van der Waals surface area (Å²) in [6.07, 6.45) is -13.0. The van der Waals surface area contributed by atoms with Crippen molar-refractivity contribution in [2.24, 2.45) is 0 Å². The summed E-state index contributed by atoms with van der Waals surface area (Å²) in [5.41, 5.74) is -6.63. The molecule has 0 spiro atoms. The Bertz CT molecular complexity index is 914. The Kier molecular flexibility index (Phi) is 7.23. The largest absolute Gasteiger partial charge is 0.748 e. The zero-order chi connectivity index (χ0) is 23.0. The number of carbonyl (C=O) groups excluding carboxylic acids is 2. The second-order valence-corrected chi connectivity index (χ2v) is 8.31. The van der Waals surface area contributed by atoms with Gasteiger partial charge in [0.1, 0.15) is 0 Å². The minimum atomic E-state index is -6.48. The van der Waals surface area contributed by atoms with Crippen LogP contribution in [0.4, 0.5) is 32.0 Å². The summed E-state index contributed by atoms with van der Waals surface area (Å²) in [6, 6.07) is 1.93. The van der Waals surface area contributed by atoms with E-state index in [2.05, 4.69) is 10.1 Å². The van der Waals surface area contributed by atoms with Gasteiger partial charge >= 0.3 is 23.9 Å². The standard InChI is InChI=1S/C14H12F6INO6S/c1-6-3-9(21)10(22-7(2)23)4-8(6)11(24)28-12(13(15,16)17,14(18,19)20)5-29(25,26)27/h3-4H,5H2,1-2H3,(H,22,23)(H,25,26,27)/p-1. The van der Waals surface area contributed by atoms with E-state index < -0.39 is 51.3 Å². The van der Waals surface area contributed by atoms with Gasteiger partial charge in [-0.25, -0.2) is 13.2 Å². The van der Waals surface area contributed by atoms with Crippen molar-refractivity contribution in [1.29, 1.82) is 0 Å². The summed E-state index contributed by atoms with van der Waals surface area (Å²) in [7, 11) is -6.14. The molecule has 29 heavy (non-hydrogen) atoms. The van der Waals surface area contributed by atoms with E-state index in [1.54, 1.807) is 22.6 Å². The Morgan fingerprint density at radius 2 is 1.62 bits per heavy atom. The Morgan fingerprint density at radius 3 is 2.00 bits per heavy atom. The molecule has 15 heteroatoms.